The number of nitrogens with zero attached hydrogens (tertiary/aromatic N) is 1. The van der Waals surface area contributed by atoms with Crippen LogP contribution in [0.2, 0.25) is 0 Å². The smallest absolute Gasteiger partial charge is 0.274 e. The first-order valence-electron chi connectivity index (χ1n) is 6.26. The number of hydrazone groups is 1. The first-order chi connectivity index (χ1) is 9.90. The van der Waals surface area contributed by atoms with Crippen LogP contribution in [-0.2, 0) is 0 Å². The van der Waals surface area contributed by atoms with Crippen LogP contribution in [0.3, 0.4) is 0 Å². The van der Waals surface area contributed by atoms with Gasteiger partial charge in [-0.1, -0.05) is 6.07 Å². The van der Waals surface area contributed by atoms with Crippen molar-refractivity contribution >= 4 is 11.6 Å². The van der Waals surface area contributed by atoms with Crippen LogP contribution in [0.4, 0.5) is 8.78 Å². The first-order valence-corrected chi connectivity index (χ1v) is 6.26. The number of hydrogen-bond donors (Lipinski definition) is 1. The molecule has 2 aromatic rings. The molecule has 0 unspecified atom stereocenters. The summed E-state index contributed by atoms with van der Waals surface area (Å²) in [7, 11) is 0. The van der Waals surface area contributed by atoms with Crippen LogP contribution in [0.25, 0.3) is 0 Å². The number of furan rings is 1. The van der Waals surface area contributed by atoms with Gasteiger partial charge in [-0.05, 0) is 39.0 Å². The van der Waals surface area contributed by atoms with E-state index in [0.717, 1.165) is 12.1 Å². The number of amides is 1. The molecule has 0 aliphatic heterocycles. The number of aryl methyl sites for hydroxylation is 2. The summed E-state index contributed by atoms with van der Waals surface area (Å²) in [6, 6.07) is 5.09. The molecule has 0 atom stereocenters. The van der Waals surface area contributed by atoms with E-state index in [0.29, 0.717) is 17.1 Å². The molecule has 0 saturated carbocycles. The van der Waals surface area contributed by atoms with Crippen molar-refractivity contribution in [1.29, 1.82) is 0 Å². The van der Waals surface area contributed by atoms with Crippen LogP contribution >= 0.6 is 0 Å². The molecule has 1 amide bonds. The number of rotatable bonds is 3. The highest BCUT2D eigenvalue weighted by molar-refractivity contribution is 6.01. The summed E-state index contributed by atoms with van der Waals surface area (Å²) in [5.74, 6) is -0.921. The second-order valence-electron chi connectivity index (χ2n) is 4.56. The van der Waals surface area contributed by atoms with Gasteiger partial charge in [-0.15, -0.1) is 0 Å². The Morgan fingerprint density at radius 1 is 1.24 bits per heavy atom. The van der Waals surface area contributed by atoms with Crippen LogP contribution < -0.4 is 5.43 Å². The molecule has 110 valence electrons. The normalized spacial score (nSPS) is 11.6. The zero-order valence-electron chi connectivity index (χ0n) is 11.8. The number of halogens is 2. The number of nitrogens with one attached hydrogen (secondary N) is 1. The third-order valence-electron chi connectivity index (χ3n) is 2.94. The highest BCUT2D eigenvalue weighted by Crippen LogP contribution is 2.14. The molecule has 2 rings (SSSR count). The van der Waals surface area contributed by atoms with Gasteiger partial charge in [0.05, 0.1) is 16.8 Å². The molecule has 0 radical (unpaired) electrons. The molecular formula is C15H14F2N2O2. The Bertz CT molecular complexity index is 700. The summed E-state index contributed by atoms with van der Waals surface area (Å²) in [4.78, 5) is 11.9. The third kappa shape index (κ3) is 3.16. The van der Waals surface area contributed by atoms with Crippen LogP contribution in [-0.4, -0.2) is 11.6 Å². The van der Waals surface area contributed by atoms with Crippen LogP contribution in [0.15, 0.2) is 33.8 Å². The molecule has 4 nitrogen and oxygen atoms in total. The molecule has 1 aromatic carbocycles. The zero-order valence-corrected chi connectivity index (χ0v) is 11.8. The Kier molecular flexibility index (Phi) is 4.16. The van der Waals surface area contributed by atoms with Crippen molar-refractivity contribution in [3.63, 3.8) is 0 Å². The fraction of sp³-hybridized carbons (Fsp3) is 0.200. The monoisotopic (exact) mass is 292 g/mol. The Morgan fingerprint density at radius 3 is 2.38 bits per heavy atom. The van der Waals surface area contributed by atoms with E-state index in [1.54, 1.807) is 19.9 Å². The van der Waals surface area contributed by atoms with E-state index in [1.165, 1.54) is 13.0 Å². The van der Waals surface area contributed by atoms with E-state index in [-0.39, 0.29) is 11.3 Å². The van der Waals surface area contributed by atoms with Gasteiger partial charge in [0.25, 0.3) is 5.91 Å². The average molecular weight is 292 g/mol. The van der Waals surface area contributed by atoms with E-state index in [2.05, 4.69) is 10.5 Å². The molecule has 0 aliphatic rings. The average Bonchev–Trinajstić information content (AvgIpc) is 2.75. The summed E-state index contributed by atoms with van der Waals surface area (Å²) < 4.78 is 32.4. The fourth-order valence-corrected chi connectivity index (χ4v) is 1.95. The quantitative estimate of drug-likeness (QED) is 0.697. The molecule has 1 heterocycles. The molecule has 0 fully saturated rings. The van der Waals surface area contributed by atoms with E-state index < -0.39 is 17.5 Å². The minimum absolute atomic E-state index is 0.0387. The molecule has 0 spiro atoms. The van der Waals surface area contributed by atoms with E-state index >= 15 is 0 Å². The number of hydrogen-bond acceptors (Lipinski definition) is 3. The largest absolute Gasteiger partial charge is 0.466 e. The van der Waals surface area contributed by atoms with E-state index in [9.17, 15) is 13.6 Å². The van der Waals surface area contributed by atoms with Gasteiger partial charge >= 0.3 is 0 Å². The summed E-state index contributed by atoms with van der Waals surface area (Å²) in [6.45, 7) is 4.78. The summed E-state index contributed by atoms with van der Waals surface area (Å²) >= 11 is 0. The minimum atomic E-state index is -0.735. The Labute approximate surface area is 120 Å². The van der Waals surface area contributed by atoms with Gasteiger partial charge in [-0.2, -0.15) is 5.10 Å². The Morgan fingerprint density at radius 2 is 1.86 bits per heavy atom. The van der Waals surface area contributed by atoms with Gasteiger partial charge in [0, 0.05) is 0 Å². The van der Waals surface area contributed by atoms with Gasteiger partial charge in [0.2, 0.25) is 0 Å². The van der Waals surface area contributed by atoms with E-state index in [4.69, 9.17) is 4.42 Å². The lowest BCUT2D eigenvalue weighted by atomic mass is 10.1. The van der Waals surface area contributed by atoms with Crippen molar-refractivity contribution in [3.05, 3.63) is 58.5 Å². The predicted octanol–water partition coefficient (Wildman–Crippen LogP) is 3.33. The molecule has 6 heteroatoms. The lowest BCUT2D eigenvalue weighted by Crippen LogP contribution is -2.20. The predicted molar refractivity (Wildman–Crippen MR) is 74.2 cm³/mol. The van der Waals surface area contributed by atoms with Crippen molar-refractivity contribution in [2.45, 2.75) is 20.8 Å². The second kappa shape index (κ2) is 5.87. The number of carbonyl (C=O) groups excluding carboxylic acids is 1. The molecule has 0 bridgehead atoms. The van der Waals surface area contributed by atoms with E-state index in [1.807, 2.05) is 0 Å². The molecular weight excluding hydrogens is 278 g/mol. The van der Waals surface area contributed by atoms with Gasteiger partial charge in [-0.25, -0.2) is 14.2 Å². The van der Waals surface area contributed by atoms with Gasteiger partial charge in [0.15, 0.2) is 0 Å². The fourth-order valence-electron chi connectivity index (χ4n) is 1.95. The number of benzene rings is 1. The lowest BCUT2D eigenvalue weighted by molar-refractivity contribution is 0.0953. The van der Waals surface area contributed by atoms with Gasteiger partial charge < -0.3 is 4.42 Å². The van der Waals surface area contributed by atoms with Gasteiger partial charge in [-0.3, -0.25) is 4.79 Å². The van der Waals surface area contributed by atoms with Crippen molar-refractivity contribution in [2.75, 3.05) is 0 Å². The maximum absolute atomic E-state index is 13.6. The molecule has 1 N–H and O–H groups in total. The summed E-state index contributed by atoms with van der Waals surface area (Å²) in [5.41, 5.74) is 2.37. The third-order valence-corrected chi connectivity index (χ3v) is 2.94. The second-order valence-corrected chi connectivity index (χ2v) is 4.56. The summed E-state index contributed by atoms with van der Waals surface area (Å²) in [5, 5.41) is 3.74. The van der Waals surface area contributed by atoms with Crippen LogP contribution in [0.1, 0.15) is 34.4 Å². The summed E-state index contributed by atoms with van der Waals surface area (Å²) in [6.07, 6.45) is 0. The minimum Gasteiger partial charge on any atom is -0.466 e. The van der Waals surface area contributed by atoms with Crippen molar-refractivity contribution in [2.24, 2.45) is 5.10 Å². The molecule has 21 heavy (non-hydrogen) atoms. The van der Waals surface area contributed by atoms with Crippen LogP contribution in [0, 0.1) is 25.5 Å². The highest BCUT2D eigenvalue weighted by atomic mass is 19.1. The van der Waals surface area contributed by atoms with Crippen molar-refractivity contribution in [3.8, 4) is 0 Å². The first kappa shape index (κ1) is 14.9. The maximum atomic E-state index is 13.6. The standard InChI is InChI=1S/C15H14F2N2O2/c1-8-7-11(10(3)21-8)15(20)19-18-9(2)14-12(16)5-4-6-13(14)17/h4-7H,1-3H3,(H,19,20)/b18-9-. The van der Waals surface area contributed by atoms with Gasteiger partial charge in [0.1, 0.15) is 23.2 Å². The number of carbonyl (C=O) groups is 1. The zero-order chi connectivity index (χ0) is 15.6. The van der Waals surface area contributed by atoms with Crippen molar-refractivity contribution < 1.29 is 18.0 Å². The maximum Gasteiger partial charge on any atom is 0.274 e. The topological polar surface area (TPSA) is 54.6 Å². The molecule has 0 saturated heterocycles. The lowest BCUT2D eigenvalue weighted by Gasteiger charge is -2.05. The Hall–Kier alpha value is -2.50. The van der Waals surface area contributed by atoms with Crippen molar-refractivity contribution in [1.82, 2.24) is 5.43 Å². The van der Waals surface area contributed by atoms with Crippen LogP contribution in [0.5, 0.6) is 0 Å². The molecule has 1 aromatic heterocycles. The Balaban J connectivity index is 2.21. The highest BCUT2D eigenvalue weighted by Gasteiger charge is 2.15. The molecule has 0 aliphatic carbocycles. The SMILES string of the molecule is C/C(=N/NC(=O)c1cc(C)oc1C)c1c(F)cccc1F.